The lowest BCUT2D eigenvalue weighted by Crippen LogP contribution is -2.46. The minimum absolute atomic E-state index is 0.0706. The van der Waals surface area contributed by atoms with Crippen molar-refractivity contribution in [1.82, 2.24) is 16.0 Å². The van der Waals surface area contributed by atoms with Gasteiger partial charge in [-0.2, -0.15) is 11.8 Å². The van der Waals surface area contributed by atoms with Crippen LogP contribution in [0.2, 0.25) is 0 Å². The first-order valence-electron chi connectivity index (χ1n) is 4.90. The van der Waals surface area contributed by atoms with Gasteiger partial charge >= 0.3 is 6.03 Å². The van der Waals surface area contributed by atoms with Crippen LogP contribution in [-0.2, 0) is 9.59 Å². The fraction of sp³-hybridized carbons (Fsp3) is 0.667. The summed E-state index contributed by atoms with van der Waals surface area (Å²) in [7, 11) is 0. The van der Waals surface area contributed by atoms with Crippen molar-refractivity contribution in [2.24, 2.45) is 0 Å². The second-order valence-electron chi connectivity index (χ2n) is 3.78. The fourth-order valence-corrected chi connectivity index (χ4v) is 2.26. The molecule has 0 saturated carbocycles. The Morgan fingerprint density at radius 3 is 2.69 bits per heavy atom. The minimum atomic E-state index is -0.835. The second-order valence-corrected chi connectivity index (χ2v) is 4.88. The predicted octanol–water partition coefficient (Wildman–Crippen LogP) is -0.546. The Morgan fingerprint density at radius 2 is 2.19 bits per heavy atom. The van der Waals surface area contributed by atoms with Crippen molar-refractivity contribution in [2.75, 3.05) is 18.1 Å². The smallest absolute Gasteiger partial charge is 0.322 e. The van der Waals surface area contributed by atoms with E-state index in [4.69, 9.17) is 0 Å². The van der Waals surface area contributed by atoms with Crippen molar-refractivity contribution < 1.29 is 14.4 Å². The molecule has 6 nitrogen and oxygen atoms in total. The van der Waals surface area contributed by atoms with Gasteiger partial charge in [0.2, 0.25) is 5.91 Å². The fourth-order valence-electron chi connectivity index (χ4n) is 1.26. The van der Waals surface area contributed by atoms with E-state index in [-0.39, 0.29) is 11.8 Å². The average molecular weight is 245 g/mol. The summed E-state index contributed by atoms with van der Waals surface area (Å²) in [4.78, 5) is 32.9. The number of thioether (sulfide) groups is 1. The Labute approximate surface area is 97.9 Å². The van der Waals surface area contributed by atoms with Gasteiger partial charge in [0, 0.05) is 25.0 Å². The molecule has 1 fully saturated rings. The zero-order valence-corrected chi connectivity index (χ0v) is 10.1. The van der Waals surface area contributed by atoms with Gasteiger partial charge in [-0.1, -0.05) is 0 Å². The molecule has 1 atom stereocenters. The molecule has 1 aliphatic heterocycles. The molecule has 16 heavy (non-hydrogen) atoms. The molecule has 0 aromatic rings. The van der Waals surface area contributed by atoms with Crippen LogP contribution in [0.5, 0.6) is 0 Å². The van der Waals surface area contributed by atoms with Crippen LogP contribution in [0.1, 0.15) is 13.8 Å². The van der Waals surface area contributed by atoms with Gasteiger partial charge in [0.25, 0.3) is 5.91 Å². The first-order valence-corrected chi connectivity index (χ1v) is 6.05. The Balaban J connectivity index is 2.24. The Bertz CT molecular complexity index is 321. The maximum Gasteiger partial charge on any atom is 0.322 e. The van der Waals surface area contributed by atoms with E-state index in [1.807, 2.05) is 0 Å². The van der Waals surface area contributed by atoms with E-state index in [0.717, 1.165) is 0 Å². The van der Waals surface area contributed by atoms with Gasteiger partial charge in [0.05, 0.1) is 0 Å². The summed E-state index contributed by atoms with van der Waals surface area (Å²) in [5, 5.41) is 7.42. The molecule has 0 aliphatic carbocycles. The molecule has 7 heteroatoms. The lowest BCUT2D eigenvalue weighted by atomic mass is 10.1. The molecule has 1 heterocycles. The molecule has 0 spiro atoms. The summed E-state index contributed by atoms with van der Waals surface area (Å²) in [5.41, 5.74) is -0.835. The van der Waals surface area contributed by atoms with Gasteiger partial charge < -0.3 is 10.6 Å². The van der Waals surface area contributed by atoms with Crippen LogP contribution < -0.4 is 16.0 Å². The number of rotatable bonds is 5. The van der Waals surface area contributed by atoms with E-state index in [2.05, 4.69) is 16.0 Å². The zero-order chi connectivity index (χ0) is 12.2. The molecule has 1 saturated heterocycles. The highest BCUT2D eigenvalue weighted by Crippen LogP contribution is 2.16. The summed E-state index contributed by atoms with van der Waals surface area (Å²) in [6.07, 6.45) is 0. The lowest BCUT2D eigenvalue weighted by Gasteiger charge is -2.19. The standard InChI is InChI=1S/C9H15N3O3S/c1-6(13)10-3-4-16-5-9(2)7(14)11-8(15)12-9/h3-5H2,1-2H3,(H,10,13)(H2,11,12,14,15)/t9-/m0/s1. The van der Waals surface area contributed by atoms with Gasteiger partial charge in [-0.3, -0.25) is 14.9 Å². The highest BCUT2D eigenvalue weighted by Gasteiger charge is 2.41. The normalized spacial score (nSPS) is 23.9. The maximum atomic E-state index is 11.4. The van der Waals surface area contributed by atoms with E-state index in [9.17, 15) is 14.4 Å². The zero-order valence-electron chi connectivity index (χ0n) is 9.25. The second kappa shape index (κ2) is 5.20. The molecule has 0 radical (unpaired) electrons. The summed E-state index contributed by atoms with van der Waals surface area (Å²) in [5.74, 6) is 0.825. The quantitative estimate of drug-likeness (QED) is 0.448. The third-order valence-electron chi connectivity index (χ3n) is 2.13. The number of imide groups is 1. The van der Waals surface area contributed by atoms with E-state index < -0.39 is 11.6 Å². The summed E-state index contributed by atoms with van der Waals surface area (Å²) in [6, 6.07) is -0.449. The monoisotopic (exact) mass is 245 g/mol. The molecule has 0 bridgehead atoms. The van der Waals surface area contributed by atoms with Crippen LogP contribution in [0.3, 0.4) is 0 Å². The number of carbonyl (C=O) groups is 3. The predicted molar refractivity (Wildman–Crippen MR) is 61.1 cm³/mol. The third kappa shape index (κ3) is 3.41. The molecule has 1 aliphatic rings. The van der Waals surface area contributed by atoms with E-state index >= 15 is 0 Å². The largest absolute Gasteiger partial charge is 0.356 e. The molecule has 0 aromatic carbocycles. The first kappa shape index (κ1) is 12.8. The van der Waals surface area contributed by atoms with Crippen LogP contribution in [0, 0.1) is 0 Å². The van der Waals surface area contributed by atoms with E-state index in [1.165, 1.54) is 18.7 Å². The molecule has 0 unspecified atom stereocenters. The van der Waals surface area contributed by atoms with Crippen LogP contribution in [0.25, 0.3) is 0 Å². The van der Waals surface area contributed by atoms with Crippen molar-refractivity contribution in [3.05, 3.63) is 0 Å². The number of amides is 4. The van der Waals surface area contributed by atoms with Gasteiger partial charge in [-0.05, 0) is 6.92 Å². The lowest BCUT2D eigenvalue weighted by molar-refractivity contribution is -0.122. The average Bonchev–Trinajstić information content (AvgIpc) is 2.39. The highest BCUT2D eigenvalue weighted by atomic mass is 32.2. The molecular formula is C9H15N3O3S. The topological polar surface area (TPSA) is 87.3 Å². The van der Waals surface area contributed by atoms with Gasteiger partial charge in [0.15, 0.2) is 0 Å². The number of hydrogen-bond acceptors (Lipinski definition) is 4. The molecule has 4 amide bonds. The number of carbonyl (C=O) groups excluding carboxylic acids is 3. The summed E-state index contributed by atoms with van der Waals surface area (Å²) < 4.78 is 0. The molecule has 1 rings (SSSR count). The molecule has 0 aromatic heterocycles. The summed E-state index contributed by atoms with van der Waals surface area (Å²) in [6.45, 7) is 3.70. The number of hydrogen-bond donors (Lipinski definition) is 3. The van der Waals surface area contributed by atoms with Gasteiger partial charge in [0.1, 0.15) is 5.54 Å². The van der Waals surface area contributed by atoms with Crippen molar-refractivity contribution in [3.8, 4) is 0 Å². The maximum absolute atomic E-state index is 11.4. The minimum Gasteiger partial charge on any atom is -0.356 e. The van der Waals surface area contributed by atoms with E-state index in [0.29, 0.717) is 18.1 Å². The van der Waals surface area contributed by atoms with Gasteiger partial charge in [-0.25, -0.2) is 4.79 Å². The highest BCUT2D eigenvalue weighted by molar-refractivity contribution is 7.99. The van der Waals surface area contributed by atoms with E-state index in [1.54, 1.807) is 6.92 Å². The van der Waals surface area contributed by atoms with Crippen molar-refractivity contribution >= 4 is 29.6 Å². The van der Waals surface area contributed by atoms with Crippen molar-refractivity contribution in [3.63, 3.8) is 0 Å². The Kier molecular flexibility index (Phi) is 4.17. The van der Waals surface area contributed by atoms with Gasteiger partial charge in [-0.15, -0.1) is 0 Å². The van der Waals surface area contributed by atoms with Crippen molar-refractivity contribution in [2.45, 2.75) is 19.4 Å². The first-order chi connectivity index (χ1) is 7.44. The molecule has 90 valence electrons. The van der Waals surface area contributed by atoms with Crippen molar-refractivity contribution in [1.29, 1.82) is 0 Å². The molecular weight excluding hydrogens is 230 g/mol. The third-order valence-corrected chi connectivity index (χ3v) is 3.40. The number of nitrogens with one attached hydrogen (secondary N) is 3. The Hall–Kier alpha value is -1.24. The van der Waals surface area contributed by atoms with Crippen LogP contribution in [0.15, 0.2) is 0 Å². The summed E-state index contributed by atoms with van der Waals surface area (Å²) >= 11 is 1.51. The SMILES string of the molecule is CC(=O)NCCSC[C@]1(C)NC(=O)NC1=O. The number of urea groups is 1. The molecule has 3 N–H and O–H groups in total. The Morgan fingerprint density at radius 1 is 1.50 bits per heavy atom. The van der Waals surface area contributed by atoms with Crippen LogP contribution in [-0.4, -0.2) is 41.4 Å². The van der Waals surface area contributed by atoms with Crippen LogP contribution in [0.4, 0.5) is 4.79 Å². The van der Waals surface area contributed by atoms with Crippen LogP contribution >= 0.6 is 11.8 Å².